The molecular weight excluding hydrogens is 220 g/mol. The zero-order valence-electron chi connectivity index (χ0n) is 6.66. The first-order valence-corrected chi connectivity index (χ1v) is 4.08. The average Bonchev–Trinajstić information content (AvgIpc) is 2.45. The Bertz CT molecular complexity index is 326. The molecule has 0 amide bonds. The molecule has 4 nitrogen and oxygen atoms in total. The van der Waals surface area contributed by atoms with Crippen molar-refractivity contribution in [3.63, 3.8) is 0 Å². The Morgan fingerprint density at radius 2 is 2.58 bits per heavy atom. The number of halogens is 1. The summed E-state index contributed by atoms with van der Waals surface area (Å²) in [6.45, 7) is 3.62. The number of hydrogen-bond acceptors (Lipinski definition) is 2. The number of rotatable bonds is 2. The van der Waals surface area contributed by atoms with Crippen LogP contribution in [0.2, 0.25) is 0 Å². The Morgan fingerprint density at radius 1 is 1.92 bits per heavy atom. The second-order valence-corrected chi connectivity index (χ2v) is 2.88. The van der Waals surface area contributed by atoms with Gasteiger partial charge in [0.15, 0.2) is 11.7 Å². The molecule has 0 aromatic carbocycles. The minimum absolute atomic E-state index is 0.389. The quantitative estimate of drug-likeness (QED) is 0.609. The van der Waals surface area contributed by atoms with Gasteiger partial charge < -0.3 is 5.73 Å². The standard InChI is InChI=1S/C7H9BrN4/c1-3-12-5(8)4-11-7(12)6(9)10-2/h3-4H,1H2,2H3,(H2,9,10). The Labute approximate surface area is 78.9 Å². The molecule has 0 saturated heterocycles. The largest absolute Gasteiger partial charge is 0.381 e. The Morgan fingerprint density at radius 3 is 3.08 bits per heavy atom. The fraction of sp³-hybridized carbons (Fsp3) is 0.143. The average molecular weight is 229 g/mol. The highest BCUT2D eigenvalue weighted by atomic mass is 79.9. The lowest BCUT2D eigenvalue weighted by Crippen LogP contribution is -2.17. The Kier molecular flexibility index (Phi) is 2.65. The van der Waals surface area contributed by atoms with E-state index >= 15 is 0 Å². The molecule has 0 aliphatic heterocycles. The summed E-state index contributed by atoms with van der Waals surface area (Å²) in [7, 11) is 1.62. The molecule has 1 aromatic rings. The first kappa shape index (κ1) is 8.99. The lowest BCUT2D eigenvalue weighted by Gasteiger charge is -2.00. The van der Waals surface area contributed by atoms with Crippen molar-refractivity contribution in [1.82, 2.24) is 9.55 Å². The van der Waals surface area contributed by atoms with Crippen LogP contribution in [-0.4, -0.2) is 22.4 Å². The molecule has 0 atom stereocenters. The highest BCUT2D eigenvalue weighted by Gasteiger charge is 2.07. The van der Waals surface area contributed by atoms with Crippen LogP contribution in [0.1, 0.15) is 5.82 Å². The summed E-state index contributed by atoms with van der Waals surface area (Å²) in [5.74, 6) is 0.986. The molecule has 64 valence electrons. The van der Waals surface area contributed by atoms with Gasteiger partial charge in [-0.25, -0.2) is 4.98 Å². The van der Waals surface area contributed by atoms with Crippen molar-refractivity contribution in [1.29, 1.82) is 0 Å². The molecule has 1 aromatic heterocycles. The monoisotopic (exact) mass is 228 g/mol. The van der Waals surface area contributed by atoms with Crippen LogP contribution in [0, 0.1) is 0 Å². The zero-order valence-corrected chi connectivity index (χ0v) is 8.24. The summed E-state index contributed by atoms with van der Waals surface area (Å²) in [5, 5.41) is 0. The summed E-state index contributed by atoms with van der Waals surface area (Å²) < 4.78 is 2.52. The van der Waals surface area contributed by atoms with Crippen molar-refractivity contribution in [3.8, 4) is 0 Å². The predicted octanol–water partition coefficient (Wildman–Crippen LogP) is 1.08. The van der Waals surface area contributed by atoms with E-state index in [4.69, 9.17) is 5.73 Å². The number of nitrogens with zero attached hydrogens (tertiary/aromatic N) is 3. The van der Waals surface area contributed by atoms with E-state index in [1.807, 2.05) is 0 Å². The summed E-state index contributed by atoms with van der Waals surface area (Å²) >= 11 is 3.29. The van der Waals surface area contributed by atoms with E-state index in [1.54, 1.807) is 24.0 Å². The third-order valence-electron chi connectivity index (χ3n) is 1.40. The Balaban J connectivity index is 3.24. The molecule has 0 aliphatic rings. The maximum atomic E-state index is 5.58. The minimum atomic E-state index is 0.389. The first-order chi connectivity index (χ1) is 5.70. The lowest BCUT2D eigenvalue weighted by molar-refractivity contribution is 1.07. The zero-order chi connectivity index (χ0) is 9.14. The highest BCUT2D eigenvalue weighted by molar-refractivity contribution is 9.10. The van der Waals surface area contributed by atoms with Gasteiger partial charge in [0.2, 0.25) is 0 Å². The van der Waals surface area contributed by atoms with Crippen molar-refractivity contribution in [2.24, 2.45) is 10.7 Å². The SMILES string of the molecule is C=Cn1c(Br)cnc1C(N)=NC. The maximum Gasteiger partial charge on any atom is 0.180 e. The number of hydrogen-bond donors (Lipinski definition) is 1. The van der Waals surface area contributed by atoms with Gasteiger partial charge in [-0.3, -0.25) is 9.56 Å². The second-order valence-electron chi connectivity index (χ2n) is 2.07. The highest BCUT2D eigenvalue weighted by Crippen LogP contribution is 2.12. The van der Waals surface area contributed by atoms with Crippen LogP contribution < -0.4 is 5.73 Å². The first-order valence-electron chi connectivity index (χ1n) is 3.28. The van der Waals surface area contributed by atoms with Crippen molar-refractivity contribution in [2.45, 2.75) is 0 Å². The van der Waals surface area contributed by atoms with Crippen molar-refractivity contribution in [3.05, 3.63) is 23.2 Å². The molecule has 0 fully saturated rings. The third-order valence-corrected chi connectivity index (χ3v) is 1.99. The van der Waals surface area contributed by atoms with Gasteiger partial charge in [-0.2, -0.15) is 0 Å². The summed E-state index contributed by atoms with van der Waals surface area (Å²) in [6, 6.07) is 0. The van der Waals surface area contributed by atoms with Gasteiger partial charge in [0.25, 0.3) is 0 Å². The van der Waals surface area contributed by atoms with Gasteiger partial charge in [0, 0.05) is 13.2 Å². The van der Waals surface area contributed by atoms with Crippen LogP contribution in [0.5, 0.6) is 0 Å². The van der Waals surface area contributed by atoms with Crippen molar-refractivity contribution >= 4 is 28.0 Å². The van der Waals surface area contributed by atoms with Gasteiger partial charge in [-0.05, 0) is 15.9 Å². The number of nitrogens with two attached hydrogens (primary N) is 1. The molecule has 5 heteroatoms. The van der Waals surface area contributed by atoms with Crippen LogP contribution in [-0.2, 0) is 0 Å². The molecule has 0 aliphatic carbocycles. The van der Waals surface area contributed by atoms with Crippen molar-refractivity contribution in [2.75, 3.05) is 7.05 Å². The molecule has 0 bridgehead atoms. The van der Waals surface area contributed by atoms with Gasteiger partial charge in [-0.15, -0.1) is 0 Å². The smallest absolute Gasteiger partial charge is 0.180 e. The van der Waals surface area contributed by atoms with E-state index in [0.29, 0.717) is 11.7 Å². The minimum Gasteiger partial charge on any atom is -0.381 e. The molecule has 2 N–H and O–H groups in total. The van der Waals surface area contributed by atoms with E-state index < -0.39 is 0 Å². The van der Waals surface area contributed by atoms with Gasteiger partial charge >= 0.3 is 0 Å². The number of imidazole rings is 1. The summed E-state index contributed by atoms with van der Waals surface area (Å²) in [4.78, 5) is 7.87. The normalized spacial score (nSPS) is 11.7. The van der Waals surface area contributed by atoms with Crippen LogP contribution in [0.4, 0.5) is 0 Å². The van der Waals surface area contributed by atoms with E-state index in [2.05, 4.69) is 32.5 Å². The molecule has 0 spiro atoms. The van der Waals surface area contributed by atoms with Crippen LogP contribution in [0.15, 0.2) is 22.4 Å². The fourth-order valence-corrected chi connectivity index (χ4v) is 1.22. The number of amidine groups is 1. The van der Waals surface area contributed by atoms with Crippen LogP contribution >= 0.6 is 15.9 Å². The van der Waals surface area contributed by atoms with E-state index in [0.717, 1.165) is 4.60 Å². The Hall–Kier alpha value is -1.10. The fourth-order valence-electron chi connectivity index (χ4n) is 0.803. The van der Waals surface area contributed by atoms with Gasteiger partial charge in [-0.1, -0.05) is 6.58 Å². The molecule has 1 heterocycles. The van der Waals surface area contributed by atoms with Gasteiger partial charge in [0.1, 0.15) is 4.60 Å². The van der Waals surface area contributed by atoms with Gasteiger partial charge in [0.05, 0.1) is 6.20 Å². The molecule has 0 radical (unpaired) electrons. The van der Waals surface area contributed by atoms with Crippen LogP contribution in [0.3, 0.4) is 0 Å². The topological polar surface area (TPSA) is 56.2 Å². The van der Waals surface area contributed by atoms with E-state index in [9.17, 15) is 0 Å². The second kappa shape index (κ2) is 3.53. The lowest BCUT2D eigenvalue weighted by atomic mass is 10.5. The predicted molar refractivity (Wildman–Crippen MR) is 53.0 cm³/mol. The molecular formula is C7H9BrN4. The van der Waals surface area contributed by atoms with E-state index in [1.165, 1.54) is 0 Å². The summed E-state index contributed by atoms with van der Waals surface area (Å²) in [5.41, 5.74) is 5.58. The third kappa shape index (κ3) is 1.40. The molecule has 1 rings (SSSR count). The van der Waals surface area contributed by atoms with Crippen LogP contribution in [0.25, 0.3) is 6.20 Å². The molecule has 0 saturated carbocycles. The number of aromatic nitrogens is 2. The maximum absolute atomic E-state index is 5.58. The molecule has 12 heavy (non-hydrogen) atoms. The van der Waals surface area contributed by atoms with Crippen molar-refractivity contribution < 1.29 is 0 Å². The summed E-state index contributed by atoms with van der Waals surface area (Å²) in [6.07, 6.45) is 3.26. The molecule has 0 unspecified atom stereocenters. The van der Waals surface area contributed by atoms with E-state index in [-0.39, 0.29) is 0 Å². The number of aliphatic imine (C=N–C) groups is 1.